The molecule has 0 fully saturated rings. The fourth-order valence-corrected chi connectivity index (χ4v) is 1.17. The van der Waals surface area contributed by atoms with Gasteiger partial charge in [0.2, 0.25) is 5.78 Å². The van der Waals surface area contributed by atoms with Crippen molar-refractivity contribution < 1.29 is 13.2 Å². The third-order valence-electron chi connectivity index (χ3n) is 1.95. The van der Waals surface area contributed by atoms with Crippen LogP contribution < -0.4 is 0 Å². The van der Waals surface area contributed by atoms with Crippen molar-refractivity contribution in [1.29, 1.82) is 0 Å². The lowest BCUT2D eigenvalue weighted by atomic mass is 10.3. The minimum Gasteiger partial charge on any atom is -0.281 e. The van der Waals surface area contributed by atoms with E-state index >= 15 is 0 Å². The Bertz CT molecular complexity index is 487. The van der Waals surface area contributed by atoms with Crippen LogP contribution in [-0.2, 0) is 12.6 Å². The van der Waals surface area contributed by atoms with Crippen molar-refractivity contribution in [2.24, 2.45) is 0 Å². The molecule has 15 heavy (non-hydrogen) atoms. The van der Waals surface area contributed by atoms with Crippen LogP contribution >= 0.6 is 0 Å². The third-order valence-corrected chi connectivity index (χ3v) is 1.95. The van der Waals surface area contributed by atoms with Crippen molar-refractivity contribution in [2.75, 3.05) is 0 Å². The Labute approximate surface area is 83.6 Å². The molecule has 0 aliphatic rings. The number of rotatable bonds is 1. The van der Waals surface area contributed by atoms with E-state index in [0.29, 0.717) is 12.1 Å². The lowest BCUT2D eigenvalue weighted by Gasteiger charge is -2.04. The summed E-state index contributed by atoms with van der Waals surface area (Å²) in [5, 5.41) is 0. The highest BCUT2D eigenvalue weighted by molar-refractivity contribution is 5.31. The number of fused-ring (bicyclic) bond motifs is 1. The number of aryl methyl sites for hydroxylation is 1. The lowest BCUT2D eigenvalue weighted by Crippen LogP contribution is -2.07. The van der Waals surface area contributed by atoms with Crippen LogP contribution in [0.5, 0.6) is 0 Å². The van der Waals surface area contributed by atoms with Crippen molar-refractivity contribution in [3.05, 3.63) is 29.8 Å². The number of nitrogens with zero attached hydrogens (tertiary/aromatic N) is 3. The van der Waals surface area contributed by atoms with Gasteiger partial charge in [0.25, 0.3) is 0 Å². The Kier molecular flexibility index (Phi) is 2.13. The molecule has 2 heterocycles. The molecule has 0 unspecified atom stereocenters. The van der Waals surface area contributed by atoms with E-state index in [1.807, 2.05) is 6.92 Å². The molecule has 3 nitrogen and oxygen atoms in total. The quantitative estimate of drug-likeness (QED) is 0.727. The maximum atomic E-state index is 12.3. The topological polar surface area (TPSA) is 30.2 Å². The standard InChI is InChI=1S/C9H7F3N3/c1-2-7-5-15-4-6(9(10,11)12)3-13-8(15)14-7/h3-4H,2H2,1H3. The number of alkyl halides is 3. The van der Waals surface area contributed by atoms with Gasteiger partial charge in [-0.15, -0.1) is 0 Å². The van der Waals surface area contributed by atoms with Gasteiger partial charge in [0.1, 0.15) is 0 Å². The number of hydrogen-bond acceptors (Lipinski definition) is 2. The van der Waals surface area contributed by atoms with E-state index in [-0.39, 0.29) is 5.78 Å². The predicted octanol–water partition coefficient (Wildman–Crippen LogP) is 2.11. The normalized spacial score (nSPS) is 12.3. The second-order valence-corrected chi connectivity index (χ2v) is 3.03. The predicted molar refractivity (Wildman–Crippen MR) is 46.2 cm³/mol. The first-order chi connectivity index (χ1) is 7.00. The van der Waals surface area contributed by atoms with Crippen LogP contribution in [0.1, 0.15) is 18.2 Å². The Morgan fingerprint density at radius 2 is 2.20 bits per heavy atom. The Balaban J connectivity index is 2.55. The molecule has 0 bridgehead atoms. The zero-order valence-corrected chi connectivity index (χ0v) is 7.84. The van der Waals surface area contributed by atoms with Crippen LogP contribution in [0.3, 0.4) is 0 Å². The SMILES string of the molecule is CCc1[c]n2cc(C(F)(F)F)cnc2n1. The average Bonchev–Trinajstić information content (AvgIpc) is 2.57. The molecule has 2 aromatic rings. The first kappa shape index (κ1) is 9.95. The second kappa shape index (κ2) is 3.22. The molecule has 1 radical (unpaired) electrons. The van der Waals surface area contributed by atoms with Gasteiger partial charge in [0, 0.05) is 12.4 Å². The molecule has 0 N–H and O–H groups in total. The highest BCUT2D eigenvalue weighted by atomic mass is 19.4. The first-order valence-corrected chi connectivity index (χ1v) is 4.34. The summed E-state index contributed by atoms with van der Waals surface area (Å²) in [6, 6.07) is 0. The molecule has 0 amide bonds. The summed E-state index contributed by atoms with van der Waals surface area (Å²) in [7, 11) is 0. The molecule has 0 saturated heterocycles. The summed E-state index contributed by atoms with van der Waals surface area (Å²) in [5.41, 5.74) is -0.201. The van der Waals surface area contributed by atoms with E-state index in [0.717, 1.165) is 12.4 Å². The van der Waals surface area contributed by atoms with Crippen LogP contribution in [0, 0.1) is 6.20 Å². The van der Waals surface area contributed by atoms with E-state index in [9.17, 15) is 13.2 Å². The maximum Gasteiger partial charge on any atom is 0.419 e. The summed E-state index contributed by atoms with van der Waals surface area (Å²) in [6.07, 6.45) is 0.646. The molecular formula is C9H7F3N3. The Morgan fingerprint density at radius 3 is 2.80 bits per heavy atom. The smallest absolute Gasteiger partial charge is 0.281 e. The van der Waals surface area contributed by atoms with Crippen molar-refractivity contribution >= 4 is 5.78 Å². The average molecular weight is 214 g/mol. The van der Waals surface area contributed by atoms with Gasteiger partial charge in [0.15, 0.2) is 0 Å². The maximum absolute atomic E-state index is 12.3. The molecule has 0 aromatic carbocycles. The molecule has 0 atom stereocenters. The minimum atomic E-state index is -4.38. The number of aromatic nitrogens is 3. The summed E-state index contributed by atoms with van der Waals surface area (Å²) in [6.45, 7) is 1.85. The number of halogens is 3. The molecule has 0 aliphatic carbocycles. The van der Waals surface area contributed by atoms with Crippen molar-refractivity contribution in [3.8, 4) is 0 Å². The molecule has 0 spiro atoms. The molecule has 2 rings (SSSR count). The van der Waals surface area contributed by atoms with E-state index in [1.54, 1.807) is 0 Å². The largest absolute Gasteiger partial charge is 0.419 e. The molecule has 2 aromatic heterocycles. The zero-order chi connectivity index (χ0) is 11.1. The third kappa shape index (κ3) is 1.79. The summed E-state index contributed by atoms with van der Waals surface area (Å²) in [4.78, 5) is 7.60. The van der Waals surface area contributed by atoms with Crippen LogP contribution in [-0.4, -0.2) is 14.4 Å². The molecule has 0 aliphatic heterocycles. The van der Waals surface area contributed by atoms with E-state index in [1.165, 1.54) is 4.40 Å². The number of hydrogen-bond donors (Lipinski definition) is 0. The van der Waals surface area contributed by atoms with Gasteiger partial charge < -0.3 is 0 Å². The first-order valence-electron chi connectivity index (χ1n) is 4.34. The highest BCUT2D eigenvalue weighted by Crippen LogP contribution is 2.28. The Morgan fingerprint density at radius 1 is 1.47 bits per heavy atom. The Hall–Kier alpha value is -1.59. The summed E-state index contributed by atoms with van der Waals surface area (Å²) in [5.74, 6) is 0.236. The molecule has 79 valence electrons. The van der Waals surface area contributed by atoms with Crippen molar-refractivity contribution in [2.45, 2.75) is 19.5 Å². The molecular weight excluding hydrogens is 207 g/mol. The lowest BCUT2D eigenvalue weighted by molar-refractivity contribution is -0.138. The van der Waals surface area contributed by atoms with Crippen LogP contribution in [0.2, 0.25) is 0 Å². The van der Waals surface area contributed by atoms with Crippen LogP contribution in [0.15, 0.2) is 12.4 Å². The molecule has 0 saturated carbocycles. The van der Waals surface area contributed by atoms with Crippen molar-refractivity contribution in [1.82, 2.24) is 14.4 Å². The summed E-state index contributed by atoms with van der Waals surface area (Å²) < 4.78 is 38.1. The van der Waals surface area contributed by atoms with Gasteiger partial charge in [-0.05, 0) is 6.42 Å². The van der Waals surface area contributed by atoms with Gasteiger partial charge in [-0.1, -0.05) is 6.92 Å². The van der Waals surface area contributed by atoms with Gasteiger partial charge in [0.05, 0.1) is 17.5 Å². The van der Waals surface area contributed by atoms with Crippen LogP contribution in [0.25, 0.3) is 5.78 Å². The fraction of sp³-hybridized carbons (Fsp3) is 0.333. The number of imidazole rings is 1. The van der Waals surface area contributed by atoms with E-state index in [2.05, 4.69) is 16.2 Å². The fourth-order valence-electron chi connectivity index (χ4n) is 1.17. The van der Waals surface area contributed by atoms with Gasteiger partial charge in [-0.3, -0.25) is 4.40 Å². The van der Waals surface area contributed by atoms with Gasteiger partial charge >= 0.3 is 6.18 Å². The summed E-state index contributed by atoms with van der Waals surface area (Å²) >= 11 is 0. The van der Waals surface area contributed by atoms with Gasteiger partial charge in [-0.25, -0.2) is 9.97 Å². The van der Waals surface area contributed by atoms with E-state index < -0.39 is 11.7 Å². The highest BCUT2D eigenvalue weighted by Gasteiger charge is 2.31. The monoisotopic (exact) mass is 214 g/mol. The minimum absolute atomic E-state index is 0.236. The van der Waals surface area contributed by atoms with E-state index in [4.69, 9.17) is 0 Å². The second-order valence-electron chi connectivity index (χ2n) is 3.03. The van der Waals surface area contributed by atoms with Crippen LogP contribution in [0.4, 0.5) is 13.2 Å². The zero-order valence-electron chi connectivity index (χ0n) is 7.84. The molecule has 6 heteroatoms. The van der Waals surface area contributed by atoms with Crippen molar-refractivity contribution in [3.63, 3.8) is 0 Å². The van der Waals surface area contributed by atoms with Gasteiger partial charge in [-0.2, -0.15) is 13.2 Å².